The number of benzene rings is 2. The maximum absolute atomic E-state index is 13.7. The van der Waals surface area contributed by atoms with Crippen molar-refractivity contribution in [2.45, 2.75) is 36.5 Å². The summed E-state index contributed by atoms with van der Waals surface area (Å²) >= 11 is 0. The molecule has 0 saturated heterocycles. The lowest BCUT2D eigenvalue weighted by atomic mass is 9.67. The van der Waals surface area contributed by atoms with Crippen LogP contribution in [-0.2, 0) is 15.6 Å². The fourth-order valence-electron chi connectivity index (χ4n) is 4.96. The summed E-state index contributed by atoms with van der Waals surface area (Å²) in [6.07, 6.45) is 18.2. The van der Waals surface area contributed by atoms with Gasteiger partial charge in [-0.15, -0.1) is 0 Å². The molecule has 0 aromatic heterocycles. The third-order valence-corrected chi connectivity index (χ3v) is 6.82. The van der Waals surface area contributed by atoms with E-state index >= 15 is 0 Å². The lowest BCUT2D eigenvalue weighted by Gasteiger charge is -2.35. The molecule has 0 amide bonds. The maximum Gasteiger partial charge on any atom is 0.160 e. The first-order valence-corrected chi connectivity index (χ1v) is 11.4. The lowest BCUT2D eigenvalue weighted by molar-refractivity contribution is -0.120. The molecule has 4 rings (SSSR count). The van der Waals surface area contributed by atoms with Crippen molar-refractivity contribution in [3.05, 3.63) is 96.1 Å². The molecule has 34 heavy (non-hydrogen) atoms. The minimum absolute atomic E-state index is 0.0717. The van der Waals surface area contributed by atoms with Crippen molar-refractivity contribution in [2.24, 2.45) is 0 Å². The van der Waals surface area contributed by atoms with Crippen LogP contribution >= 0.6 is 0 Å². The Morgan fingerprint density at radius 1 is 0.765 bits per heavy atom. The van der Waals surface area contributed by atoms with Gasteiger partial charge in [0.2, 0.25) is 0 Å². The highest BCUT2D eigenvalue weighted by Gasteiger charge is 2.38. The molecule has 176 valence electrons. The van der Waals surface area contributed by atoms with E-state index in [2.05, 4.69) is 24.3 Å². The summed E-state index contributed by atoms with van der Waals surface area (Å²) in [5, 5.41) is 20.1. The molecule has 2 aliphatic rings. The zero-order valence-electron chi connectivity index (χ0n) is 19.5. The molecule has 0 radical (unpaired) electrons. The number of carbonyl (C=O) groups excluding carboxylic acids is 1. The van der Waals surface area contributed by atoms with Gasteiger partial charge in [0, 0.05) is 23.7 Å². The van der Waals surface area contributed by atoms with Crippen molar-refractivity contribution in [3.63, 3.8) is 0 Å². The van der Waals surface area contributed by atoms with E-state index in [4.69, 9.17) is 9.47 Å². The van der Waals surface area contributed by atoms with Gasteiger partial charge in [-0.3, -0.25) is 4.79 Å². The summed E-state index contributed by atoms with van der Waals surface area (Å²) in [5.74, 6) is 1.05. The van der Waals surface area contributed by atoms with E-state index in [-0.39, 0.29) is 17.3 Å². The van der Waals surface area contributed by atoms with Gasteiger partial charge in [-0.25, -0.2) is 0 Å². The zero-order valence-corrected chi connectivity index (χ0v) is 19.5. The normalized spacial score (nSPS) is 23.1. The van der Waals surface area contributed by atoms with E-state index in [9.17, 15) is 15.0 Å². The summed E-state index contributed by atoms with van der Waals surface area (Å²) in [6, 6.07) is 10.6. The van der Waals surface area contributed by atoms with Gasteiger partial charge >= 0.3 is 0 Å². The summed E-state index contributed by atoms with van der Waals surface area (Å²) in [5.41, 5.74) is 0.815. The largest absolute Gasteiger partial charge is 0.504 e. The number of phenols is 2. The van der Waals surface area contributed by atoms with Crippen LogP contribution in [0.5, 0.6) is 23.0 Å². The lowest BCUT2D eigenvalue weighted by Crippen LogP contribution is -2.33. The summed E-state index contributed by atoms with van der Waals surface area (Å²) in [6.45, 7) is 0. The van der Waals surface area contributed by atoms with E-state index in [1.165, 1.54) is 14.2 Å². The minimum Gasteiger partial charge on any atom is -0.504 e. The molecule has 0 fully saturated rings. The van der Waals surface area contributed by atoms with Crippen LogP contribution in [0, 0.1) is 0 Å². The standard InChI is InChI=1S/C29H30O5/c1-33-26-17-21(9-11-24(26)31)28(13-5-3-6-14-28)19-23(30)20-29(15-7-4-8-16-29)22-10-12-25(32)27(18-22)34-2/h3-13,15,17-18,31-32H,14,16,19-20H2,1-2H3. The quantitative estimate of drug-likeness (QED) is 0.533. The van der Waals surface area contributed by atoms with Crippen molar-refractivity contribution in [2.75, 3.05) is 14.2 Å². The third-order valence-electron chi connectivity index (χ3n) is 6.82. The van der Waals surface area contributed by atoms with E-state index < -0.39 is 10.8 Å². The number of rotatable bonds is 8. The van der Waals surface area contributed by atoms with Crippen LogP contribution in [0.3, 0.4) is 0 Å². The Labute approximate surface area is 200 Å². The molecule has 5 heteroatoms. The molecule has 0 bridgehead atoms. The summed E-state index contributed by atoms with van der Waals surface area (Å²) in [7, 11) is 3.04. The van der Waals surface area contributed by atoms with Crippen LogP contribution in [0.2, 0.25) is 0 Å². The molecule has 0 spiro atoms. The molecule has 5 nitrogen and oxygen atoms in total. The average molecular weight is 459 g/mol. The van der Waals surface area contributed by atoms with E-state index in [1.807, 2.05) is 48.6 Å². The highest BCUT2D eigenvalue weighted by atomic mass is 16.5. The predicted octanol–water partition coefficient (Wildman–Crippen LogP) is 5.67. The molecule has 0 saturated carbocycles. The SMILES string of the molecule is COc1cc(C2(CC(=O)CC3(c4ccc(O)c(OC)c4)C=CC=CC3)C=CC=CC2)ccc1O. The number of aromatic hydroxyl groups is 2. The number of carbonyl (C=O) groups is 1. The fraction of sp³-hybridized carbons (Fsp3) is 0.276. The van der Waals surface area contributed by atoms with Gasteiger partial charge in [0.25, 0.3) is 0 Å². The van der Waals surface area contributed by atoms with Gasteiger partial charge in [0.1, 0.15) is 5.78 Å². The molecule has 2 atom stereocenters. The zero-order chi connectivity index (χ0) is 24.2. The Hall–Kier alpha value is -3.73. The van der Waals surface area contributed by atoms with Gasteiger partial charge in [-0.05, 0) is 48.2 Å². The Bertz CT molecular complexity index is 1100. The maximum atomic E-state index is 13.7. The van der Waals surface area contributed by atoms with Gasteiger partial charge in [0.05, 0.1) is 14.2 Å². The molecule has 2 aromatic carbocycles. The monoisotopic (exact) mass is 458 g/mol. The van der Waals surface area contributed by atoms with Crippen LogP contribution in [-0.4, -0.2) is 30.2 Å². The first-order chi connectivity index (χ1) is 16.4. The van der Waals surface area contributed by atoms with E-state index in [0.717, 1.165) is 11.1 Å². The van der Waals surface area contributed by atoms with Gasteiger partial charge < -0.3 is 19.7 Å². The molecule has 2 aliphatic carbocycles. The molecule has 0 heterocycles. The van der Waals surface area contributed by atoms with Gasteiger partial charge in [0.15, 0.2) is 23.0 Å². The van der Waals surface area contributed by atoms with E-state index in [1.54, 1.807) is 12.1 Å². The topological polar surface area (TPSA) is 76.0 Å². The first kappa shape index (κ1) is 23.4. The molecular weight excluding hydrogens is 428 g/mol. The Morgan fingerprint density at radius 2 is 1.21 bits per heavy atom. The highest BCUT2D eigenvalue weighted by molar-refractivity contribution is 5.83. The number of Topliss-reactive ketones (excluding diaryl/α,β-unsaturated/α-hetero) is 1. The molecular formula is C29H30O5. The second kappa shape index (κ2) is 9.64. The number of hydrogen-bond acceptors (Lipinski definition) is 5. The molecule has 0 aliphatic heterocycles. The molecule has 2 unspecified atom stereocenters. The fourth-order valence-corrected chi connectivity index (χ4v) is 4.96. The number of ketones is 1. The second-order valence-electron chi connectivity index (χ2n) is 8.96. The number of ether oxygens (including phenoxy) is 2. The van der Waals surface area contributed by atoms with Crippen molar-refractivity contribution in [3.8, 4) is 23.0 Å². The molecule has 2 N–H and O–H groups in total. The number of methoxy groups -OCH3 is 2. The van der Waals surface area contributed by atoms with Crippen LogP contribution in [0.25, 0.3) is 0 Å². The van der Waals surface area contributed by atoms with Gasteiger partial charge in [-0.1, -0.05) is 60.7 Å². The number of allylic oxidation sites excluding steroid dienone is 8. The van der Waals surface area contributed by atoms with Gasteiger partial charge in [-0.2, -0.15) is 0 Å². The average Bonchev–Trinajstić information content (AvgIpc) is 2.85. The van der Waals surface area contributed by atoms with Crippen LogP contribution < -0.4 is 9.47 Å². The first-order valence-electron chi connectivity index (χ1n) is 11.4. The predicted molar refractivity (Wildman–Crippen MR) is 133 cm³/mol. The van der Waals surface area contributed by atoms with Crippen LogP contribution in [0.15, 0.2) is 85.0 Å². The smallest absolute Gasteiger partial charge is 0.160 e. The Balaban J connectivity index is 1.66. The highest BCUT2D eigenvalue weighted by Crippen LogP contribution is 2.44. The van der Waals surface area contributed by atoms with Crippen molar-refractivity contribution >= 4 is 5.78 Å². The summed E-state index contributed by atoms with van der Waals surface area (Å²) in [4.78, 5) is 13.7. The molecule has 2 aromatic rings. The van der Waals surface area contributed by atoms with Crippen LogP contribution in [0.4, 0.5) is 0 Å². The summed E-state index contributed by atoms with van der Waals surface area (Å²) < 4.78 is 10.7. The van der Waals surface area contributed by atoms with Crippen molar-refractivity contribution in [1.82, 2.24) is 0 Å². The number of phenolic OH excluding ortho intramolecular Hbond substituents is 2. The second-order valence-corrected chi connectivity index (χ2v) is 8.96. The van der Waals surface area contributed by atoms with Crippen molar-refractivity contribution < 1.29 is 24.5 Å². The van der Waals surface area contributed by atoms with Crippen LogP contribution in [0.1, 0.15) is 36.8 Å². The van der Waals surface area contributed by atoms with Crippen molar-refractivity contribution in [1.29, 1.82) is 0 Å². The Morgan fingerprint density at radius 3 is 1.56 bits per heavy atom. The Kier molecular flexibility index (Phi) is 6.64. The minimum atomic E-state index is -0.519. The third kappa shape index (κ3) is 4.51. The number of hydrogen-bond donors (Lipinski definition) is 2. The van der Waals surface area contributed by atoms with E-state index in [0.29, 0.717) is 37.2 Å².